The minimum Gasteiger partial charge on any atom is -0.423 e. The highest BCUT2D eigenvalue weighted by Gasteiger charge is 2.21. The van der Waals surface area contributed by atoms with Gasteiger partial charge in [-0.3, -0.25) is 4.68 Å². The molecule has 0 fully saturated rings. The molecule has 0 aromatic carbocycles. The van der Waals surface area contributed by atoms with Gasteiger partial charge in [-0.05, 0) is 30.9 Å². The zero-order chi connectivity index (χ0) is 14.5. The Balaban J connectivity index is 2.93. The van der Waals surface area contributed by atoms with Crippen LogP contribution in [-0.2, 0) is 22.9 Å². The Labute approximate surface area is 129 Å². The van der Waals surface area contributed by atoms with Crippen LogP contribution in [0.1, 0.15) is 26.7 Å². The molecular weight excluding hydrogens is 323 g/mol. The maximum atomic E-state index is 6.34. The molecule has 1 rings (SSSR count). The average Bonchev–Trinajstić information content (AvgIpc) is 2.67. The molecule has 0 saturated carbocycles. The molecule has 0 amide bonds. The zero-order valence-corrected chi connectivity index (χ0v) is 15.0. The fourth-order valence-corrected chi connectivity index (χ4v) is 3.60. The molecule has 0 N–H and O–H groups in total. The molecule has 0 radical (unpaired) electrons. The molecule has 8 heteroatoms. The smallest absolute Gasteiger partial charge is 0.258 e. The van der Waals surface area contributed by atoms with Crippen LogP contribution in [0, 0.1) is 0 Å². The number of unbranched alkanes of at least 4 members (excludes halogenated alkanes) is 1. The van der Waals surface area contributed by atoms with Crippen molar-refractivity contribution in [3.8, 4) is 5.88 Å². The first-order valence-electron chi connectivity index (χ1n) is 6.17. The van der Waals surface area contributed by atoms with Gasteiger partial charge in [0.15, 0.2) is 0 Å². The van der Waals surface area contributed by atoms with Crippen LogP contribution in [0.2, 0.25) is 5.02 Å². The van der Waals surface area contributed by atoms with Crippen molar-refractivity contribution in [2.24, 2.45) is 0 Å². The summed E-state index contributed by atoms with van der Waals surface area (Å²) in [5, 5.41) is 5.84. The summed E-state index contributed by atoms with van der Waals surface area (Å²) in [6.07, 6.45) is 2.31. The van der Waals surface area contributed by atoms with Crippen molar-refractivity contribution in [3.05, 3.63) is 5.02 Å². The van der Waals surface area contributed by atoms with Crippen molar-refractivity contribution >= 4 is 41.7 Å². The summed E-state index contributed by atoms with van der Waals surface area (Å²) in [5.74, 6) is 1.40. The van der Waals surface area contributed by atoms with Crippen LogP contribution in [0.3, 0.4) is 0 Å². The summed E-state index contributed by atoms with van der Waals surface area (Å²) in [7, 11) is 1.54. The van der Waals surface area contributed by atoms with Crippen LogP contribution in [0.25, 0.3) is 0 Å². The zero-order valence-electron chi connectivity index (χ0n) is 11.7. The molecule has 4 nitrogen and oxygen atoms in total. The molecule has 1 atom stereocenters. The van der Waals surface area contributed by atoms with E-state index in [-0.39, 0.29) is 0 Å². The highest BCUT2D eigenvalue weighted by atomic mass is 35.5. The van der Waals surface area contributed by atoms with E-state index in [0.717, 1.165) is 30.2 Å². The minimum absolute atomic E-state index is 0.384. The van der Waals surface area contributed by atoms with Crippen LogP contribution in [0.15, 0.2) is 5.03 Å². The van der Waals surface area contributed by atoms with Gasteiger partial charge in [0.1, 0.15) is 10.0 Å². The normalized spacial score (nSPS) is 14.4. The standard InChI is InChI=1S/C11H20ClN2O2PS2/c1-5-7-8-19-11-9(12)10(13-14(11)6-2)16-17(4,18)15-3/h5-8H2,1-4H3. The molecule has 0 aliphatic rings. The maximum absolute atomic E-state index is 6.34. The lowest BCUT2D eigenvalue weighted by Gasteiger charge is -2.14. The molecule has 110 valence electrons. The second-order valence-electron chi connectivity index (χ2n) is 3.99. The van der Waals surface area contributed by atoms with Gasteiger partial charge in [-0.25, -0.2) is 0 Å². The molecule has 1 heterocycles. The molecule has 1 unspecified atom stereocenters. The van der Waals surface area contributed by atoms with E-state index in [9.17, 15) is 0 Å². The molecule has 0 bridgehead atoms. The molecule has 0 saturated heterocycles. The van der Waals surface area contributed by atoms with Gasteiger partial charge in [0.25, 0.3) is 5.88 Å². The van der Waals surface area contributed by atoms with Crippen molar-refractivity contribution in [1.82, 2.24) is 9.78 Å². The van der Waals surface area contributed by atoms with Gasteiger partial charge in [0, 0.05) is 20.3 Å². The Bertz CT molecular complexity index is 468. The molecule has 1 aromatic heterocycles. The van der Waals surface area contributed by atoms with Gasteiger partial charge in [0.05, 0.1) is 0 Å². The highest BCUT2D eigenvalue weighted by Crippen LogP contribution is 2.47. The van der Waals surface area contributed by atoms with Gasteiger partial charge >= 0.3 is 0 Å². The van der Waals surface area contributed by atoms with Gasteiger partial charge < -0.3 is 9.05 Å². The van der Waals surface area contributed by atoms with Crippen molar-refractivity contribution < 1.29 is 9.05 Å². The Kier molecular flexibility index (Phi) is 7.19. The lowest BCUT2D eigenvalue weighted by Crippen LogP contribution is -1.99. The lowest BCUT2D eigenvalue weighted by molar-refractivity contribution is 0.390. The van der Waals surface area contributed by atoms with Gasteiger partial charge in [-0.1, -0.05) is 24.9 Å². The first kappa shape index (κ1) is 17.3. The van der Waals surface area contributed by atoms with Gasteiger partial charge in [-0.2, -0.15) is 0 Å². The van der Waals surface area contributed by atoms with E-state index >= 15 is 0 Å². The lowest BCUT2D eigenvalue weighted by atomic mass is 10.4. The number of hydrogen-bond acceptors (Lipinski definition) is 5. The van der Waals surface area contributed by atoms with E-state index in [1.807, 2.05) is 11.6 Å². The summed E-state index contributed by atoms with van der Waals surface area (Å²) >= 11 is 13.3. The number of aryl methyl sites for hydroxylation is 1. The first-order chi connectivity index (χ1) is 8.95. The topological polar surface area (TPSA) is 36.3 Å². The quantitative estimate of drug-likeness (QED) is 0.397. The summed E-state index contributed by atoms with van der Waals surface area (Å²) < 4.78 is 12.7. The number of rotatable bonds is 8. The third kappa shape index (κ3) is 4.94. The van der Waals surface area contributed by atoms with E-state index in [4.69, 9.17) is 32.5 Å². The van der Waals surface area contributed by atoms with Crippen molar-refractivity contribution in [3.63, 3.8) is 0 Å². The Morgan fingerprint density at radius 2 is 2.16 bits per heavy atom. The van der Waals surface area contributed by atoms with Crippen molar-refractivity contribution in [1.29, 1.82) is 0 Å². The largest absolute Gasteiger partial charge is 0.423 e. The highest BCUT2D eigenvalue weighted by molar-refractivity contribution is 8.09. The summed E-state index contributed by atoms with van der Waals surface area (Å²) in [5.41, 5.74) is 0. The Hall–Kier alpha value is 0.260. The Morgan fingerprint density at radius 1 is 1.47 bits per heavy atom. The molecule has 1 aromatic rings. The number of hydrogen-bond donors (Lipinski definition) is 0. The van der Waals surface area contributed by atoms with E-state index in [1.54, 1.807) is 25.5 Å². The predicted molar refractivity (Wildman–Crippen MR) is 86.4 cm³/mol. The summed E-state index contributed by atoms with van der Waals surface area (Å²) in [4.78, 5) is 0. The average molecular weight is 343 g/mol. The van der Waals surface area contributed by atoms with Crippen LogP contribution in [-0.4, -0.2) is 29.3 Å². The SMILES string of the molecule is CCCCSc1c(Cl)c(OP(C)(=S)OC)nn1CC. The number of halogens is 1. The molecule has 19 heavy (non-hydrogen) atoms. The monoisotopic (exact) mass is 342 g/mol. The summed E-state index contributed by atoms with van der Waals surface area (Å²) in [6.45, 7) is 4.39. The molecule has 0 spiro atoms. The third-order valence-electron chi connectivity index (χ3n) is 2.44. The second-order valence-corrected chi connectivity index (χ2v) is 9.53. The van der Waals surface area contributed by atoms with E-state index in [1.165, 1.54) is 0 Å². The molecule has 0 aliphatic heterocycles. The maximum Gasteiger partial charge on any atom is 0.258 e. The first-order valence-corrected chi connectivity index (χ1v) is 10.6. The van der Waals surface area contributed by atoms with E-state index in [2.05, 4.69) is 12.0 Å². The fourth-order valence-electron chi connectivity index (χ4n) is 1.32. The van der Waals surface area contributed by atoms with Crippen molar-refractivity contribution in [2.75, 3.05) is 19.5 Å². The van der Waals surface area contributed by atoms with Crippen LogP contribution in [0.5, 0.6) is 5.88 Å². The fraction of sp³-hybridized carbons (Fsp3) is 0.727. The van der Waals surface area contributed by atoms with E-state index < -0.39 is 6.49 Å². The molecule has 0 aliphatic carbocycles. The number of thioether (sulfide) groups is 1. The predicted octanol–water partition coefficient (Wildman–Crippen LogP) is 4.41. The number of nitrogens with zero attached hydrogens (tertiary/aromatic N) is 2. The van der Waals surface area contributed by atoms with Crippen LogP contribution < -0.4 is 4.52 Å². The minimum atomic E-state index is -2.31. The number of aromatic nitrogens is 2. The van der Waals surface area contributed by atoms with Gasteiger partial charge in [0.2, 0.25) is 6.49 Å². The van der Waals surface area contributed by atoms with E-state index in [0.29, 0.717) is 10.9 Å². The van der Waals surface area contributed by atoms with Crippen LogP contribution in [0.4, 0.5) is 0 Å². The Morgan fingerprint density at radius 3 is 2.68 bits per heavy atom. The van der Waals surface area contributed by atoms with Crippen molar-refractivity contribution in [2.45, 2.75) is 38.3 Å². The van der Waals surface area contributed by atoms with Gasteiger partial charge in [-0.15, -0.1) is 16.9 Å². The third-order valence-corrected chi connectivity index (χ3v) is 5.91. The summed E-state index contributed by atoms with van der Waals surface area (Å²) in [6, 6.07) is 0. The second kappa shape index (κ2) is 7.89. The molecular formula is C11H20ClN2O2PS2. The van der Waals surface area contributed by atoms with Crippen LogP contribution >= 0.6 is 29.9 Å².